The minimum atomic E-state index is -4.23. The molecular weight excluding hydrogens is 464 g/mol. The van der Waals surface area contributed by atoms with E-state index in [1.807, 2.05) is 6.07 Å². The van der Waals surface area contributed by atoms with E-state index in [-0.39, 0.29) is 10.6 Å². The fourth-order valence-electron chi connectivity index (χ4n) is 3.62. The molecule has 0 saturated heterocycles. The average Bonchev–Trinajstić information content (AvgIpc) is 2.82. The first-order chi connectivity index (χ1) is 15.8. The van der Waals surface area contributed by atoms with Gasteiger partial charge in [-0.05, 0) is 35.9 Å². The highest BCUT2D eigenvalue weighted by molar-refractivity contribution is 7.89. The molecule has 1 aliphatic heterocycles. The number of fused-ring (bicyclic) bond motifs is 1. The number of esters is 1. The second kappa shape index (κ2) is 9.09. The molecule has 1 N–H and O–H groups in total. The van der Waals surface area contributed by atoms with Crippen molar-refractivity contribution in [2.24, 2.45) is 0 Å². The van der Waals surface area contributed by atoms with Crippen LogP contribution in [-0.4, -0.2) is 38.3 Å². The number of hydrogen-bond donors (Lipinski definition) is 1. The monoisotopic (exact) mass is 482 g/mol. The third-order valence-corrected chi connectivity index (χ3v) is 7.12. The van der Waals surface area contributed by atoms with Crippen molar-refractivity contribution in [3.05, 3.63) is 101 Å². The lowest BCUT2D eigenvalue weighted by molar-refractivity contribution is -0.137. The third-order valence-electron chi connectivity index (χ3n) is 5.07. The molecule has 0 bridgehead atoms. The number of amides is 1. The molecule has 1 aliphatic rings. The highest BCUT2D eigenvalue weighted by Crippen LogP contribution is 2.40. The van der Waals surface area contributed by atoms with Crippen LogP contribution >= 0.6 is 11.6 Å². The number of methoxy groups -OCH3 is 1. The number of benzene rings is 3. The van der Waals surface area contributed by atoms with E-state index in [1.54, 1.807) is 66.7 Å². The number of ether oxygens (including phenoxy) is 1. The molecule has 0 spiro atoms. The number of carbonyl (C=O) groups excluding carboxylic acids is 2. The summed E-state index contributed by atoms with van der Waals surface area (Å²) in [6, 6.07) is 21.6. The second-order valence-corrected chi connectivity index (χ2v) is 9.41. The van der Waals surface area contributed by atoms with Gasteiger partial charge in [0.15, 0.2) is 0 Å². The van der Waals surface area contributed by atoms with Crippen LogP contribution in [0.15, 0.2) is 89.5 Å². The summed E-state index contributed by atoms with van der Waals surface area (Å²) in [5.74, 6) is -1.50. The van der Waals surface area contributed by atoms with Crippen molar-refractivity contribution in [1.82, 2.24) is 4.31 Å². The maximum absolute atomic E-state index is 13.5. The first kappa shape index (κ1) is 22.6. The van der Waals surface area contributed by atoms with Gasteiger partial charge >= 0.3 is 5.97 Å². The second-order valence-electron chi connectivity index (χ2n) is 7.14. The number of sulfonamides is 1. The fraction of sp³-hybridized carbons (Fsp3) is 0.0833. The van der Waals surface area contributed by atoms with Crippen LogP contribution in [0.25, 0.3) is 5.57 Å². The average molecular weight is 483 g/mol. The van der Waals surface area contributed by atoms with E-state index in [1.165, 1.54) is 6.07 Å². The van der Waals surface area contributed by atoms with Gasteiger partial charge in [0.05, 0.1) is 12.0 Å². The Morgan fingerprint density at radius 1 is 0.939 bits per heavy atom. The van der Waals surface area contributed by atoms with Crippen LogP contribution in [0, 0.1) is 0 Å². The van der Waals surface area contributed by atoms with E-state index < -0.39 is 28.4 Å². The lowest BCUT2D eigenvalue weighted by Crippen LogP contribution is -2.43. The normalized spacial score (nSPS) is 14.4. The number of carbonyl (C=O) groups is 2. The van der Waals surface area contributed by atoms with Gasteiger partial charge in [-0.2, -0.15) is 0 Å². The topological polar surface area (TPSA) is 92.8 Å². The maximum Gasteiger partial charge on any atom is 0.356 e. The summed E-state index contributed by atoms with van der Waals surface area (Å²) in [7, 11) is -3.07. The molecule has 7 nitrogen and oxygen atoms in total. The molecule has 3 aromatic rings. The standard InChI is InChI=1S/C24H19ClN2O5S/c1-32-24(29)23-22(16-7-3-2-4-8-16)19-9-5-6-10-20(19)33(30,31)27(23)15-21(28)26-18-13-11-17(25)12-14-18/h2-14H,15H2,1H3,(H,26,28). The highest BCUT2D eigenvalue weighted by atomic mass is 35.5. The lowest BCUT2D eigenvalue weighted by atomic mass is 9.95. The van der Waals surface area contributed by atoms with Gasteiger partial charge in [-0.1, -0.05) is 60.1 Å². The van der Waals surface area contributed by atoms with E-state index in [4.69, 9.17) is 16.3 Å². The van der Waals surface area contributed by atoms with Crippen LogP contribution in [0.1, 0.15) is 11.1 Å². The molecule has 168 valence electrons. The molecule has 3 aromatic carbocycles. The lowest BCUT2D eigenvalue weighted by Gasteiger charge is -2.32. The van der Waals surface area contributed by atoms with E-state index >= 15 is 0 Å². The predicted molar refractivity (Wildman–Crippen MR) is 125 cm³/mol. The maximum atomic E-state index is 13.5. The predicted octanol–water partition coefficient (Wildman–Crippen LogP) is 3.92. The van der Waals surface area contributed by atoms with Crippen LogP contribution in [0.5, 0.6) is 0 Å². The van der Waals surface area contributed by atoms with Crippen LogP contribution in [0.4, 0.5) is 5.69 Å². The molecule has 0 aliphatic carbocycles. The Morgan fingerprint density at radius 2 is 1.58 bits per heavy atom. The molecular formula is C24H19ClN2O5S. The van der Waals surface area contributed by atoms with Crippen molar-refractivity contribution in [3.8, 4) is 0 Å². The summed E-state index contributed by atoms with van der Waals surface area (Å²) >= 11 is 5.88. The van der Waals surface area contributed by atoms with E-state index in [0.29, 0.717) is 27.4 Å². The number of nitrogens with zero attached hydrogens (tertiary/aromatic N) is 1. The largest absolute Gasteiger partial charge is 0.464 e. The zero-order chi connectivity index (χ0) is 23.6. The first-order valence-electron chi connectivity index (χ1n) is 9.88. The van der Waals surface area contributed by atoms with E-state index in [9.17, 15) is 18.0 Å². The van der Waals surface area contributed by atoms with Crippen molar-refractivity contribution in [2.75, 3.05) is 19.0 Å². The molecule has 33 heavy (non-hydrogen) atoms. The van der Waals surface area contributed by atoms with Gasteiger partial charge in [-0.3, -0.25) is 4.79 Å². The fourth-order valence-corrected chi connectivity index (χ4v) is 5.37. The van der Waals surface area contributed by atoms with Crippen molar-refractivity contribution < 1.29 is 22.7 Å². The molecule has 0 radical (unpaired) electrons. The number of anilines is 1. The summed E-state index contributed by atoms with van der Waals surface area (Å²) < 4.78 is 32.8. The molecule has 1 heterocycles. The summed E-state index contributed by atoms with van der Waals surface area (Å²) in [6.07, 6.45) is 0. The highest BCUT2D eigenvalue weighted by Gasteiger charge is 2.41. The zero-order valence-corrected chi connectivity index (χ0v) is 19.1. The first-order valence-corrected chi connectivity index (χ1v) is 11.7. The van der Waals surface area contributed by atoms with E-state index in [0.717, 1.165) is 11.4 Å². The molecule has 0 aromatic heterocycles. The minimum Gasteiger partial charge on any atom is -0.464 e. The van der Waals surface area contributed by atoms with Crippen molar-refractivity contribution in [2.45, 2.75) is 4.90 Å². The van der Waals surface area contributed by atoms with Gasteiger partial charge < -0.3 is 10.1 Å². The summed E-state index contributed by atoms with van der Waals surface area (Å²) in [6.45, 7) is -0.625. The summed E-state index contributed by atoms with van der Waals surface area (Å²) in [5.41, 5.74) is 1.55. The van der Waals surface area contributed by atoms with E-state index in [2.05, 4.69) is 5.32 Å². The summed E-state index contributed by atoms with van der Waals surface area (Å²) in [4.78, 5) is 25.7. The Balaban J connectivity index is 1.86. The van der Waals surface area contributed by atoms with Gasteiger partial charge in [0.2, 0.25) is 5.91 Å². The molecule has 0 saturated carbocycles. The summed E-state index contributed by atoms with van der Waals surface area (Å²) in [5, 5.41) is 3.12. The number of rotatable bonds is 5. The van der Waals surface area contributed by atoms with Gasteiger partial charge in [0.25, 0.3) is 10.0 Å². The van der Waals surface area contributed by atoms with Crippen molar-refractivity contribution >= 4 is 44.8 Å². The van der Waals surface area contributed by atoms with Gasteiger partial charge in [-0.25, -0.2) is 17.5 Å². The number of hydrogen-bond acceptors (Lipinski definition) is 5. The molecule has 4 rings (SSSR count). The van der Waals surface area contributed by atoms with Crippen molar-refractivity contribution in [3.63, 3.8) is 0 Å². The Labute approximate surface area is 196 Å². The Morgan fingerprint density at radius 3 is 2.24 bits per heavy atom. The van der Waals surface area contributed by atoms with Crippen LogP contribution in [0.3, 0.4) is 0 Å². The molecule has 0 fully saturated rings. The third kappa shape index (κ3) is 4.35. The smallest absolute Gasteiger partial charge is 0.356 e. The van der Waals surface area contributed by atoms with Crippen LogP contribution < -0.4 is 5.32 Å². The number of halogens is 1. The van der Waals surface area contributed by atoms with Gasteiger partial charge in [-0.15, -0.1) is 0 Å². The van der Waals surface area contributed by atoms with Crippen molar-refractivity contribution in [1.29, 1.82) is 0 Å². The quantitative estimate of drug-likeness (QED) is 0.556. The molecule has 9 heteroatoms. The Hall–Kier alpha value is -3.62. The molecule has 0 unspecified atom stereocenters. The Bertz CT molecular complexity index is 1350. The zero-order valence-electron chi connectivity index (χ0n) is 17.5. The molecule has 0 atom stereocenters. The van der Waals surface area contributed by atoms with Crippen LogP contribution in [0.2, 0.25) is 5.02 Å². The van der Waals surface area contributed by atoms with Crippen LogP contribution in [-0.2, 0) is 24.3 Å². The van der Waals surface area contributed by atoms with Gasteiger partial charge in [0, 0.05) is 21.8 Å². The minimum absolute atomic E-state index is 0.00389. The van der Waals surface area contributed by atoms with Gasteiger partial charge in [0.1, 0.15) is 12.2 Å². The molecule has 1 amide bonds. The number of nitrogens with one attached hydrogen (secondary N) is 1. The SMILES string of the molecule is COC(=O)C1=C(c2ccccc2)c2ccccc2S(=O)(=O)N1CC(=O)Nc1ccc(Cl)cc1. The Kier molecular flexibility index (Phi) is 6.22.